The quantitative estimate of drug-likeness (QED) is 0.221. The minimum absolute atomic E-state index is 0.193. The summed E-state index contributed by atoms with van der Waals surface area (Å²) in [5, 5.41) is 4.76. The molecule has 0 bridgehead atoms. The van der Waals surface area contributed by atoms with Crippen LogP contribution in [0.25, 0.3) is 21.8 Å². The molecule has 5 heterocycles. The predicted molar refractivity (Wildman–Crippen MR) is 219 cm³/mol. The average molecular weight is 820 g/mol. The van der Waals surface area contributed by atoms with Crippen LogP contribution in [0.4, 0.5) is 20.1 Å². The highest BCUT2D eigenvalue weighted by molar-refractivity contribution is 9.10. The Labute approximate surface area is 332 Å². The smallest absolute Gasteiger partial charge is 0.410 e. The van der Waals surface area contributed by atoms with Crippen molar-refractivity contribution in [1.29, 1.82) is 0 Å². The van der Waals surface area contributed by atoms with Gasteiger partial charge in [0.05, 0.1) is 5.52 Å². The van der Waals surface area contributed by atoms with Gasteiger partial charge in [0.15, 0.2) is 0 Å². The second kappa shape index (κ2) is 15.9. The summed E-state index contributed by atoms with van der Waals surface area (Å²) in [5.74, 6) is 0.608. The van der Waals surface area contributed by atoms with Crippen molar-refractivity contribution in [3.05, 3.63) is 64.4 Å². The maximum Gasteiger partial charge on any atom is 0.410 e. The number of likely N-dealkylation sites (tertiary alicyclic amines) is 2. The van der Waals surface area contributed by atoms with E-state index in [4.69, 9.17) is 9.47 Å². The number of imide groups is 1. The third-order valence-electron chi connectivity index (χ3n) is 10.6. The number of urea groups is 1. The van der Waals surface area contributed by atoms with Gasteiger partial charge in [0.1, 0.15) is 11.2 Å². The molecule has 3 saturated heterocycles. The number of nitrogens with one attached hydrogen (secondary N) is 1. The molecular formula is C42H55BrN6O6. The van der Waals surface area contributed by atoms with Gasteiger partial charge in [-0.15, -0.1) is 0 Å². The first-order valence-electron chi connectivity index (χ1n) is 19.3. The Morgan fingerprint density at radius 2 is 1.13 bits per heavy atom. The standard InChI is InChI=1S/C23H30N4O4.C19H25BrN2O2/c1-23(2,3)31-22(30)26-10-7-15(8-11-26)18-13-16-5-6-17(14-19(16)25(18)4)27-12-9-20(28)24-21(27)29;1-19(2,3)24-18(23)22-9-7-13(8-10-22)16-11-14-5-6-15(20)12-17(14)21(16)4/h5-6,13-15H,7-12H2,1-4H3,(H,24,28,29);5-6,11-13H,7-10H2,1-4H3. The van der Waals surface area contributed by atoms with Gasteiger partial charge in [0, 0.05) is 97.5 Å². The molecule has 0 atom stereocenters. The molecule has 1 N–H and O–H groups in total. The molecule has 0 aliphatic carbocycles. The number of amides is 5. The number of carbonyl (C=O) groups excluding carboxylic acids is 4. The van der Waals surface area contributed by atoms with Crippen molar-refractivity contribution < 1.29 is 28.7 Å². The maximum absolute atomic E-state index is 12.3. The minimum Gasteiger partial charge on any atom is -0.444 e. The summed E-state index contributed by atoms with van der Waals surface area (Å²) in [6, 6.07) is 16.5. The summed E-state index contributed by atoms with van der Waals surface area (Å²) < 4.78 is 16.5. The number of aryl methyl sites for hydroxylation is 2. The Hall–Kier alpha value is -4.52. The van der Waals surface area contributed by atoms with Crippen molar-refractivity contribution in [3.63, 3.8) is 0 Å². The first-order chi connectivity index (χ1) is 25.9. The van der Waals surface area contributed by atoms with Gasteiger partial charge in [0.2, 0.25) is 5.91 Å². The monoisotopic (exact) mass is 818 g/mol. The van der Waals surface area contributed by atoms with Gasteiger partial charge in [-0.25, -0.2) is 14.4 Å². The van der Waals surface area contributed by atoms with Crippen molar-refractivity contribution in [1.82, 2.24) is 24.3 Å². The molecule has 3 fully saturated rings. The maximum atomic E-state index is 12.3. The highest BCUT2D eigenvalue weighted by atomic mass is 79.9. The average Bonchev–Trinajstić information content (AvgIpc) is 3.62. The van der Waals surface area contributed by atoms with Crippen LogP contribution < -0.4 is 10.2 Å². The van der Waals surface area contributed by atoms with Gasteiger partial charge in [-0.05, 0) is 109 Å². The molecule has 0 radical (unpaired) electrons. The van der Waals surface area contributed by atoms with Crippen LogP contribution in [-0.2, 0) is 28.4 Å². The molecule has 55 heavy (non-hydrogen) atoms. The number of ether oxygens (including phenoxy) is 2. The lowest BCUT2D eigenvalue weighted by atomic mass is 9.93. The zero-order valence-electron chi connectivity index (χ0n) is 33.4. The molecule has 2 aromatic carbocycles. The van der Waals surface area contributed by atoms with Crippen LogP contribution in [0.5, 0.6) is 0 Å². The van der Waals surface area contributed by atoms with E-state index in [1.807, 2.05) is 71.7 Å². The van der Waals surface area contributed by atoms with E-state index in [1.54, 1.807) is 9.80 Å². The Kier molecular flexibility index (Phi) is 11.6. The molecule has 2 aromatic heterocycles. The molecule has 4 aromatic rings. The molecule has 13 heteroatoms. The van der Waals surface area contributed by atoms with Crippen molar-refractivity contribution in [2.45, 2.75) is 96.7 Å². The molecule has 0 saturated carbocycles. The number of hydrogen-bond acceptors (Lipinski definition) is 6. The second-order valence-electron chi connectivity index (χ2n) is 16.9. The van der Waals surface area contributed by atoms with Crippen LogP contribution in [-0.4, -0.2) is 87.0 Å². The van der Waals surface area contributed by atoms with E-state index in [1.165, 1.54) is 22.3 Å². The fourth-order valence-electron chi connectivity index (χ4n) is 7.79. The van der Waals surface area contributed by atoms with E-state index >= 15 is 0 Å². The number of benzene rings is 2. The van der Waals surface area contributed by atoms with Gasteiger partial charge in [-0.3, -0.25) is 15.0 Å². The predicted octanol–water partition coefficient (Wildman–Crippen LogP) is 8.79. The zero-order chi connectivity index (χ0) is 39.8. The highest BCUT2D eigenvalue weighted by Gasteiger charge is 2.31. The summed E-state index contributed by atoms with van der Waals surface area (Å²) in [5.41, 5.74) is 4.74. The molecule has 0 unspecified atom stereocenters. The Bertz CT molecular complexity index is 2080. The molecule has 3 aliphatic rings. The van der Waals surface area contributed by atoms with Crippen LogP contribution in [0.3, 0.4) is 0 Å². The lowest BCUT2D eigenvalue weighted by molar-refractivity contribution is -0.120. The number of carbonyl (C=O) groups is 4. The number of anilines is 1. The SMILES string of the molecule is Cn1c(C2CCN(C(=O)OC(C)(C)C)CC2)cc2ccc(Br)cc21.Cn1c(C2CCN(C(=O)OC(C)(C)C)CC2)cc2ccc(N3CCC(=O)NC3=O)cc21. The van der Waals surface area contributed by atoms with Gasteiger partial charge in [0.25, 0.3) is 0 Å². The first-order valence-corrected chi connectivity index (χ1v) is 20.1. The Morgan fingerprint density at radius 1 is 0.673 bits per heavy atom. The van der Waals surface area contributed by atoms with E-state index < -0.39 is 11.2 Å². The Balaban J connectivity index is 0.000000193. The molecular weight excluding hydrogens is 764 g/mol. The van der Waals surface area contributed by atoms with Crippen molar-refractivity contribution in [2.24, 2.45) is 14.1 Å². The molecule has 296 valence electrons. The molecule has 0 spiro atoms. The van der Waals surface area contributed by atoms with Crippen LogP contribution in [0, 0.1) is 0 Å². The largest absolute Gasteiger partial charge is 0.444 e. The molecule has 3 aliphatic heterocycles. The summed E-state index contributed by atoms with van der Waals surface area (Å²) in [4.78, 5) is 53.4. The summed E-state index contributed by atoms with van der Waals surface area (Å²) in [6.45, 7) is 14.6. The van der Waals surface area contributed by atoms with Crippen LogP contribution in [0.1, 0.15) is 96.9 Å². The van der Waals surface area contributed by atoms with Crippen molar-refractivity contribution >= 4 is 67.5 Å². The lowest BCUT2D eigenvalue weighted by Crippen LogP contribution is -2.49. The van der Waals surface area contributed by atoms with Gasteiger partial charge in [-0.1, -0.05) is 28.1 Å². The van der Waals surface area contributed by atoms with Crippen molar-refractivity contribution in [2.75, 3.05) is 37.6 Å². The van der Waals surface area contributed by atoms with Crippen molar-refractivity contribution in [3.8, 4) is 0 Å². The van der Waals surface area contributed by atoms with Gasteiger partial charge in [-0.2, -0.15) is 0 Å². The number of hydrogen-bond donors (Lipinski definition) is 1. The van der Waals surface area contributed by atoms with E-state index in [-0.39, 0.29) is 24.1 Å². The Morgan fingerprint density at radius 3 is 1.58 bits per heavy atom. The topological polar surface area (TPSA) is 118 Å². The number of rotatable bonds is 3. The van der Waals surface area contributed by atoms with E-state index in [9.17, 15) is 19.2 Å². The van der Waals surface area contributed by atoms with Crippen LogP contribution in [0.15, 0.2) is 53.0 Å². The number of nitrogens with zero attached hydrogens (tertiary/aromatic N) is 5. The number of halogens is 1. The normalized spacial score (nSPS) is 17.7. The van der Waals surface area contributed by atoms with E-state index in [0.29, 0.717) is 37.9 Å². The molecule has 5 amide bonds. The van der Waals surface area contributed by atoms with E-state index in [0.717, 1.165) is 59.8 Å². The highest BCUT2D eigenvalue weighted by Crippen LogP contribution is 2.35. The molecule has 7 rings (SSSR count). The number of aromatic nitrogens is 2. The fourth-order valence-corrected chi connectivity index (χ4v) is 8.14. The van der Waals surface area contributed by atoms with Crippen LogP contribution in [0.2, 0.25) is 0 Å². The summed E-state index contributed by atoms with van der Waals surface area (Å²) in [6.07, 6.45) is 3.58. The number of piperidine rings is 2. The fraction of sp³-hybridized carbons (Fsp3) is 0.524. The van der Waals surface area contributed by atoms with E-state index in [2.05, 4.69) is 67.8 Å². The van der Waals surface area contributed by atoms with Crippen LogP contribution >= 0.6 is 15.9 Å². The number of fused-ring (bicyclic) bond motifs is 2. The van der Waals surface area contributed by atoms with Gasteiger partial charge < -0.3 is 28.4 Å². The zero-order valence-corrected chi connectivity index (χ0v) is 35.0. The third kappa shape index (κ3) is 9.48. The second-order valence-corrected chi connectivity index (χ2v) is 17.9. The molecule has 12 nitrogen and oxygen atoms in total. The lowest BCUT2D eigenvalue weighted by Gasteiger charge is -2.33. The minimum atomic E-state index is -0.486. The third-order valence-corrected chi connectivity index (χ3v) is 11.1. The first kappa shape index (κ1) is 40.2. The summed E-state index contributed by atoms with van der Waals surface area (Å²) in [7, 11) is 4.17. The van der Waals surface area contributed by atoms with Gasteiger partial charge >= 0.3 is 18.2 Å². The summed E-state index contributed by atoms with van der Waals surface area (Å²) >= 11 is 3.55.